The van der Waals surface area contributed by atoms with Crippen LogP contribution in [0.4, 0.5) is 0 Å². The van der Waals surface area contributed by atoms with Crippen LogP contribution >= 0.6 is 0 Å². The first kappa shape index (κ1) is 15.3. The van der Waals surface area contributed by atoms with E-state index in [0.29, 0.717) is 35.8 Å². The van der Waals surface area contributed by atoms with E-state index in [1.54, 1.807) is 19.2 Å². The summed E-state index contributed by atoms with van der Waals surface area (Å²) >= 11 is 0. The van der Waals surface area contributed by atoms with Gasteiger partial charge in [-0.05, 0) is 12.5 Å². The van der Waals surface area contributed by atoms with Crippen molar-refractivity contribution in [3.63, 3.8) is 0 Å². The number of ether oxygens (including phenoxy) is 3. The Morgan fingerprint density at radius 2 is 1.68 bits per heavy atom. The molecule has 19 heavy (non-hydrogen) atoms. The lowest BCUT2D eigenvalue weighted by atomic mass is 9.98. The van der Waals surface area contributed by atoms with Crippen molar-refractivity contribution < 1.29 is 19.0 Å². The molecular weight excluding hydrogens is 246 g/mol. The maximum Gasteiger partial charge on any atom is 0.170 e. The van der Waals surface area contributed by atoms with Gasteiger partial charge in [-0.3, -0.25) is 4.79 Å². The maximum absolute atomic E-state index is 12.3. The fourth-order valence-corrected chi connectivity index (χ4v) is 1.78. The number of methoxy groups -OCH3 is 3. The third-order valence-electron chi connectivity index (χ3n) is 2.93. The Kier molecular flexibility index (Phi) is 5.63. The van der Waals surface area contributed by atoms with Gasteiger partial charge in [0.15, 0.2) is 5.78 Å². The number of carbonyl (C=O) groups excluding carboxylic acids is 1. The van der Waals surface area contributed by atoms with Gasteiger partial charge in [-0.25, -0.2) is 0 Å². The highest BCUT2D eigenvalue weighted by atomic mass is 16.5. The fraction of sp³-hybridized carbons (Fsp3) is 0.500. The Bertz CT molecular complexity index is 420. The Morgan fingerprint density at radius 1 is 1.16 bits per heavy atom. The molecule has 0 aliphatic carbocycles. The standard InChI is InChI=1S/C14H21NO4/c1-9(8-15)5-11(16)14-12(18-3)6-10(17-2)7-13(14)19-4/h6-7,9H,5,8,15H2,1-4H3. The lowest BCUT2D eigenvalue weighted by molar-refractivity contribution is 0.0959. The number of ketones is 1. The molecule has 0 saturated carbocycles. The van der Waals surface area contributed by atoms with Crippen molar-refractivity contribution in [2.45, 2.75) is 13.3 Å². The molecule has 1 rings (SSSR count). The third kappa shape index (κ3) is 3.61. The van der Waals surface area contributed by atoms with Crippen LogP contribution in [0.3, 0.4) is 0 Å². The lowest BCUT2D eigenvalue weighted by Gasteiger charge is -2.15. The summed E-state index contributed by atoms with van der Waals surface area (Å²) in [5, 5.41) is 0. The SMILES string of the molecule is COc1cc(OC)c(C(=O)CC(C)CN)c(OC)c1. The minimum absolute atomic E-state index is 0.0469. The normalized spacial score (nSPS) is 11.8. The zero-order valence-corrected chi connectivity index (χ0v) is 11.9. The molecule has 0 radical (unpaired) electrons. The Morgan fingerprint density at radius 3 is 2.05 bits per heavy atom. The van der Waals surface area contributed by atoms with Crippen LogP contribution in [0.5, 0.6) is 17.2 Å². The summed E-state index contributed by atoms with van der Waals surface area (Å²) < 4.78 is 15.7. The first-order valence-electron chi connectivity index (χ1n) is 6.10. The summed E-state index contributed by atoms with van der Waals surface area (Å²) in [4.78, 5) is 12.3. The van der Waals surface area contributed by atoms with Crippen LogP contribution in [0.15, 0.2) is 12.1 Å². The Balaban J connectivity index is 3.20. The molecule has 0 aliphatic heterocycles. The van der Waals surface area contributed by atoms with Gasteiger partial charge in [-0.1, -0.05) is 6.92 Å². The molecular formula is C14H21NO4. The molecule has 0 amide bonds. The van der Waals surface area contributed by atoms with E-state index in [1.165, 1.54) is 14.2 Å². The van der Waals surface area contributed by atoms with Crippen molar-refractivity contribution in [1.82, 2.24) is 0 Å². The van der Waals surface area contributed by atoms with Crippen LogP contribution in [-0.4, -0.2) is 33.7 Å². The molecule has 0 bridgehead atoms. The van der Waals surface area contributed by atoms with Crippen molar-refractivity contribution in [3.8, 4) is 17.2 Å². The molecule has 1 unspecified atom stereocenters. The van der Waals surface area contributed by atoms with E-state index in [9.17, 15) is 4.79 Å². The minimum atomic E-state index is -0.0469. The van der Waals surface area contributed by atoms with Crippen LogP contribution < -0.4 is 19.9 Å². The van der Waals surface area contributed by atoms with Gasteiger partial charge in [0, 0.05) is 18.6 Å². The average molecular weight is 267 g/mol. The van der Waals surface area contributed by atoms with E-state index >= 15 is 0 Å². The number of hydrogen-bond acceptors (Lipinski definition) is 5. The summed E-state index contributed by atoms with van der Waals surface area (Å²) in [7, 11) is 4.57. The third-order valence-corrected chi connectivity index (χ3v) is 2.93. The van der Waals surface area contributed by atoms with E-state index in [4.69, 9.17) is 19.9 Å². The van der Waals surface area contributed by atoms with Gasteiger partial charge >= 0.3 is 0 Å². The van der Waals surface area contributed by atoms with Gasteiger partial charge in [0.2, 0.25) is 0 Å². The predicted octanol–water partition coefficient (Wildman–Crippen LogP) is 1.88. The Hall–Kier alpha value is -1.75. The summed E-state index contributed by atoms with van der Waals surface area (Å²) in [5.41, 5.74) is 5.99. The van der Waals surface area contributed by atoms with E-state index < -0.39 is 0 Å². The fourth-order valence-electron chi connectivity index (χ4n) is 1.78. The van der Waals surface area contributed by atoms with Crippen LogP contribution in [0, 0.1) is 5.92 Å². The van der Waals surface area contributed by atoms with Crippen LogP contribution in [0.1, 0.15) is 23.7 Å². The second-order valence-electron chi connectivity index (χ2n) is 4.38. The predicted molar refractivity (Wildman–Crippen MR) is 73.3 cm³/mol. The Labute approximate surface area is 113 Å². The number of benzene rings is 1. The first-order valence-corrected chi connectivity index (χ1v) is 6.10. The van der Waals surface area contributed by atoms with Crippen LogP contribution in [0.25, 0.3) is 0 Å². The molecule has 0 saturated heterocycles. The second-order valence-corrected chi connectivity index (χ2v) is 4.38. The van der Waals surface area contributed by atoms with Gasteiger partial charge in [-0.15, -0.1) is 0 Å². The number of Topliss-reactive ketones (excluding diaryl/α,β-unsaturated/α-hetero) is 1. The van der Waals surface area contributed by atoms with Gasteiger partial charge < -0.3 is 19.9 Å². The number of nitrogens with two attached hydrogens (primary N) is 1. The number of carbonyl (C=O) groups is 1. The van der Waals surface area contributed by atoms with Crippen molar-refractivity contribution in [2.24, 2.45) is 11.7 Å². The zero-order valence-electron chi connectivity index (χ0n) is 11.9. The first-order chi connectivity index (χ1) is 9.07. The molecule has 5 nitrogen and oxygen atoms in total. The number of hydrogen-bond donors (Lipinski definition) is 1. The van der Waals surface area contributed by atoms with Crippen LogP contribution in [0.2, 0.25) is 0 Å². The second kappa shape index (κ2) is 6.99. The summed E-state index contributed by atoms with van der Waals surface area (Å²) in [6, 6.07) is 3.34. The van der Waals surface area contributed by atoms with Crippen LogP contribution in [-0.2, 0) is 0 Å². The maximum atomic E-state index is 12.3. The molecule has 0 fully saturated rings. The molecule has 0 heterocycles. The highest BCUT2D eigenvalue weighted by molar-refractivity contribution is 6.01. The van der Waals surface area contributed by atoms with E-state index in [0.717, 1.165) is 0 Å². The minimum Gasteiger partial charge on any atom is -0.496 e. The van der Waals surface area contributed by atoms with Crippen molar-refractivity contribution in [2.75, 3.05) is 27.9 Å². The highest BCUT2D eigenvalue weighted by Gasteiger charge is 2.21. The monoisotopic (exact) mass is 267 g/mol. The molecule has 2 N–H and O–H groups in total. The summed E-state index contributed by atoms with van der Waals surface area (Å²) in [6.45, 7) is 2.40. The van der Waals surface area contributed by atoms with E-state index in [-0.39, 0.29) is 11.7 Å². The summed E-state index contributed by atoms with van der Waals surface area (Å²) in [6.07, 6.45) is 0.357. The van der Waals surface area contributed by atoms with Gasteiger partial charge in [-0.2, -0.15) is 0 Å². The molecule has 1 atom stereocenters. The average Bonchev–Trinajstić information content (AvgIpc) is 2.44. The lowest BCUT2D eigenvalue weighted by Crippen LogP contribution is -2.16. The van der Waals surface area contributed by atoms with E-state index in [2.05, 4.69) is 0 Å². The largest absolute Gasteiger partial charge is 0.496 e. The molecule has 0 aromatic heterocycles. The van der Waals surface area contributed by atoms with Gasteiger partial charge in [0.25, 0.3) is 0 Å². The molecule has 1 aromatic carbocycles. The smallest absolute Gasteiger partial charge is 0.170 e. The summed E-state index contributed by atoms with van der Waals surface area (Å²) in [5.74, 6) is 1.55. The van der Waals surface area contributed by atoms with Crippen molar-refractivity contribution in [1.29, 1.82) is 0 Å². The topological polar surface area (TPSA) is 70.8 Å². The molecule has 1 aromatic rings. The quantitative estimate of drug-likeness (QED) is 0.764. The van der Waals surface area contributed by atoms with Gasteiger partial charge in [0.05, 0.1) is 21.3 Å². The highest BCUT2D eigenvalue weighted by Crippen LogP contribution is 2.35. The molecule has 5 heteroatoms. The molecule has 0 spiro atoms. The zero-order chi connectivity index (χ0) is 14.4. The van der Waals surface area contributed by atoms with Crippen molar-refractivity contribution in [3.05, 3.63) is 17.7 Å². The molecule has 0 aliphatic rings. The molecule has 106 valence electrons. The van der Waals surface area contributed by atoms with E-state index in [1.807, 2.05) is 6.92 Å². The van der Waals surface area contributed by atoms with Gasteiger partial charge in [0.1, 0.15) is 22.8 Å². The van der Waals surface area contributed by atoms with Crippen molar-refractivity contribution >= 4 is 5.78 Å². The number of rotatable bonds is 7.